The Hall–Kier alpha value is 1.35. The summed E-state index contributed by atoms with van der Waals surface area (Å²) in [5.41, 5.74) is 0. The Labute approximate surface area is 139 Å². The van der Waals surface area contributed by atoms with E-state index < -0.39 is 23.2 Å². The highest BCUT2D eigenvalue weighted by Crippen LogP contribution is 2.41. The molecule has 1 rings (SSSR count). The van der Waals surface area contributed by atoms with Gasteiger partial charge in [0.05, 0.1) is 20.1 Å². The van der Waals surface area contributed by atoms with Gasteiger partial charge in [-0.2, -0.15) is 0 Å². The van der Waals surface area contributed by atoms with E-state index in [9.17, 15) is 8.42 Å². The van der Waals surface area contributed by atoms with E-state index in [1.54, 1.807) is 0 Å². The van der Waals surface area contributed by atoms with Gasteiger partial charge in [-0.25, -0.2) is 12.6 Å². The molecule has 0 aromatic heterocycles. The Balaban J connectivity index is 0.000000631. The molecule has 0 amide bonds. The Bertz CT molecular complexity index is 541. The van der Waals surface area contributed by atoms with Crippen LogP contribution in [0.3, 0.4) is 0 Å². The number of rotatable bonds is 1. The Morgan fingerprint density at radius 3 is 1.44 bits per heavy atom. The van der Waals surface area contributed by atoms with Crippen molar-refractivity contribution in [3.05, 3.63) is 26.2 Å². The SMILES string of the molecule is O=S(=O)(Cl)c1c(Cl)c(Cl)cc(Cl)c1Cl.O=S(Cl)Cl. The number of halogens is 7. The van der Waals surface area contributed by atoms with Crippen LogP contribution in [0.2, 0.25) is 20.1 Å². The summed E-state index contributed by atoms with van der Waals surface area (Å²) in [6, 6.07) is 1.24. The molecule has 0 saturated heterocycles. The molecule has 0 fully saturated rings. The zero-order valence-corrected chi connectivity index (χ0v) is 14.7. The van der Waals surface area contributed by atoms with Gasteiger partial charge in [0.2, 0.25) is 9.23 Å². The predicted molar refractivity (Wildman–Crippen MR) is 79.4 cm³/mol. The fraction of sp³-hybridized carbons (Fsp3) is 0. The van der Waals surface area contributed by atoms with Crippen molar-refractivity contribution in [3.8, 4) is 0 Å². The van der Waals surface area contributed by atoms with E-state index in [0.717, 1.165) is 0 Å². The number of hydrogen-bond acceptors (Lipinski definition) is 3. The molecule has 0 aliphatic rings. The van der Waals surface area contributed by atoms with E-state index in [2.05, 4.69) is 21.4 Å². The van der Waals surface area contributed by atoms with Gasteiger partial charge in [0.1, 0.15) is 4.90 Å². The van der Waals surface area contributed by atoms with Crippen LogP contribution in [0.1, 0.15) is 0 Å². The maximum atomic E-state index is 11.1. The molecule has 18 heavy (non-hydrogen) atoms. The molecule has 0 saturated carbocycles. The minimum Gasteiger partial charge on any atom is -0.225 e. The zero-order valence-electron chi connectivity index (χ0n) is 7.76. The molecule has 12 heteroatoms. The third-order valence-electron chi connectivity index (χ3n) is 1.32. The third-order valence-corrected chi connectivity index (χ3v) is 4.47. The summed E-state index contributed by atoms with van der Waals surface area (Å²) in [5, 5.41) is -0.535. The largest absolute Gasteiger partial charge is 0.264 e. The van der Waals surface area contributed by atoms with E-state index in [-0.39, 0.29) is 20.1 Å². The zero-order chi connectivity index (χ0) is 14.7. The highest BCUT2D eigenvalue weighted by atomic mass is 36.0. The highest BCUT2D eigenvalue weighted by molar-refractivity contribution is 8.26. The predicted octanol–water partition coefficient (Wildman–Crippen LogP) is 5.27. The summed E-state index contributed by atoms with van der Waals surface area (Å²) in [6.07, 6.45) is 0. The molecule has 1 aromatic carbocycles. The van der Waals surface area contributed by atoms with E-state index in [4.69, 9.17) is 61.3 Å². The van der Waals surface area contributed by atoms with Crippen molar-refractivity contribution >= 4 is 96.7 Å². The second-order valence-electron chi connectivity index (χ2n) is 2.42. The van der Waals surface area contributed by atoms with Crippen LogP contribution in [0, 0.1) is 0 Å². The second kappa shape index (κ2) is 7.96. The average Bonchev–Trinajstić information content (AvgIpc) is 2.12. The van der Waals surface area contributed by atoms with Crippen LogP contribution in [0.4, 0.5) is 0 Å². The topological polar surface area (TPSA) is 51.2 Å². The van der Waals surface area contributed by atoms with Crippen LogP contribution >= 0.6 is 78.5 Å². The fourth-order valence-electron chi connectivity index (χ4n) is 0.765. The molecular formula is C6HCl7O3S2. The van der Waals surface area contributed by atoms with Gasteiger partial charge in [0.15, 0.2) is 0 Å². The van der Waals surface area contributed by atoms with Crippen molar-refractivity contribution in [3.63, 3.8) is 0 Å². The summed E-state index contributed by atoms with van der Waals surface area (Å²) in [5.74, 6) is 0. The average molecular weight is 433 g/mol. The van der Waals surface area contributed by atoms with Gasteiger partial charge in [0.25, 0.3) is 9.05 Å². The molecule has 0 heterocycles. The lowest BCUT2D eigenvalue weighted by Gasteiger charge is -2.06. The molecule has 0 radical (unpaired) electrons. The molecule has 0 N–H and O–H groups in total. The quantitative estimate of drug-likeness (QED) is 0.448. The van der Waals surface area contributed by atoms with E-state index in [1.165, 1.54) is 6.07 Å². The molecule has 3 nitrogen and oxygen atoms in total. The van der Waals surface area contributed by atoms with Crippen molar-refractivity contribution < 1.29 is 12.6 Å². The fourth-order valence-corrected chi connectivity index (χ4v) is 3.64. The Kier molecular flexibility index (Phi) is 8.55. The first-order valence-corrected chi connectivity index (χ1v) is 10.1. The summed E-state index contributed by atoms with van der Waals surface area (Å²) >= 11 is 22.4. The molecule has 0 spiro atoms. The van der Waals surface area contributed by atoms with Crippen LogP contribution in [0.5, 0.6) is 0 Å². The summed E-state index contributed by atoms with van der Waals surface area (Å²) in [4.78, 5) is -0.472. The van der Waals surface area contributed by atoms with Crippen LogP contribution in [-0.4, -0.2) is 12.6 Å². The van der Waals surface area contributed by atoms with Gasteiger partial charge < -0.3 is 0 Å². The standard InChI is InChI=1S/C6HCl5O2S.Cl2OS/c7-2-1-3(8)5(10)6(4(2)9)14(11,12)13;1-4(2)3/h1H;. The molecule has 0 bridgehead atoms. The molecular weight excluding hydrogens is 432 g/mol. The van der Waals surface area contributed by atoms with Crippen LogP contribution in [0.15, 0.2) is 11.0 Å². The van der Waals surface area contributed by atoms with E-state index in [0.29, 0.717) is 0 Å². The summed E-state index contributed by atoms with van der Waals surface area (Å²) in [6.45, 7) is 0. The monoisotopic (exact) mass is 430 g/mol. The van der Waals surface area contributed by atoms with Gasteiger partial charge >= 0.3 is 0 Å². The van der Waals surface area contributed by atoms with E-state index >= 15 is 0 Å². The lowest BCUT2D eigenvalue weighted by molar-refractivity contribution is 0.609. The lowest BCUT2D eigenvalue weighted by atomic mass is 10.3. The Morgan fingerprint density at radius 2 is 1.22 bits per heavy atom. The Morgan fingerprint density at radius 1 is 0.944 bits per heavy atom. The van der Waals surface area contributed by atoms with Gasteiger partial charge in [-0.05, 0) is 6.07 Å². The maximum Gasteiger partial charge on any atom is 0.264 e. The molecule has 104 valence electrons. The van der Waals surface area contributed by atoms with Crippen molar-refractivity contribution in [1.29, 1.82) is 0 Å². The molecule has 0 aliphatic carbocycles. The number of hydrogen-bond donors (Lipinski definition) is 0. The van der Waals surface area contributed by atoms with Gasteiger partial charge in [-0.3, -0.25) is 0 Å². The van der Waals surface area contributed by atoms with Crippen molar-refractivity contribution in [2.75, 3.05) is 0 Å². The van der Waals surface area contributed by atoms with Crippen LogP contribution < -0.4 is 0 Å². The highest BCUT2D eigenvalue weighted by Gasteiger charge is 2.23. The van der Waals surface area contributed by atoms with Gasteiger partial charge in [-0.15, -0.1) is 0 Å². The minimum absolute atomic E-state index is 0.0275. The van der Waals surface area contributed by atoms with E-state index in [1.807, 2.05) is 0 Å². The van der Waals surface area contributed by atoms with Crippen molar-refractivity contribution in [2.45, 2.75) is 4.90 Å². The maximum absolute atomic E-state index is 11.1. The molecule has 1 aromatic rings. The molecule has 0 atom stereocenters. The normalized spacial score (nSPS) is 11.1. The van der Waals surface area contributed by atoms with Crippen LogP contribution in [-0.2, 0) is 18.3 Å². The third kappa shape index (κ3) is 6.20. The first-order valence-electron chi connectivity index (χ1n) is 3.50. The van der Waals surface area contributed by atoms with Crippen LogP contribution in [0.25, 0.3) is 0 Å². The smallest absolute Gasteiger partial charge is 0.225 e. The summed E-state index contributed by atoms with van der Waals surface area (Å²) in [7, 11) is 8.39. The van der Waals surface area contributed by atoms with Crippen molar-refractivity contribution in [2.24, 2.45) is 0 Å². The molecule has 0 unspecified atom stereocenters. The minimum atomic E-state index is -4.07. The first kappa shape index (κ1) is 19.4. The second-order valence-corrected chi connectivity index (χ2v) is 9.02. The molecule has 0 aliphatic heterocycles. The number of benzene rings is 1. The lowest BCUT2D eigenvalue weighted by Crippen LogP contribution is -1.94. The van der Waals surface area contributed by atoms with Crippen molar-refractivity contribution in [1.82, 2.24) is 0 Å². The van der Waals surface area contributed by atoms with Gasteiger partial charge in [0, 0.05) is 32.0 Å². The van der Waals surface area contributed by atoms with Gasteiger partial charge in [-0.1, -0.05) is 46.4 Å². The first-order chi connectivity index (χ1) is 7.98. The summed E-state index contributed by atoms with van der Waals surface area (Å²) < 4.78 is 31.2.